The van der Waals surface area contributed by atoms with Gasteiger partial charge in [-0.1, -0.05) is 45.7 Å². The van der Waals surface area contributed by atoms with Gasteiger partial charge in [-0.2, -0.15) is 0 Å². The van der Waals surface area contributed by atoms with E-state index in [4.69, 9.17) is 15.1 Å². The lowest BCUT2D eigenvalue weighted by atomic mass is 10.0. The molecule has 0 aliphatic carbocycles. The van der Waals surface area contributed by atoms with E-state index in [0.717, 1.165) is 36.6 Å². The molecule has 0 bridgehead atoms. The molecule has 1 aromatic carbocycles. The first kappa shape index (κ1) is 20.4. The number of unbranched alkanes of at least 4 members (excludes halogenated alkanes) is 1. The van der Waals surface area contributed by atoms with E-state index in [-0.39, 0.29) is 0 Å². The van der Waals surface area contributed by atoms with Crippen LogP contribution in [0.1, 0.15) is 70.9 Å². The Labute approximate surface area is 148 Å². The Bertz CT molecular complexity index is 547. The van der Waals surface area contributed by atoms with E-state index >= 15 is 0 Å². The minimum atomic E-state index is 0.368. The number of hydrogen-bond acceptors (Lipinski definition) is 3. The van der Waals surface area contributed by atoms with Gasteiger partial charge < -0.3 is 4.74 Å². The van der Waals surface area contributed by atoms with Crippen LogP contribution in [0.5, 0.6) is 0 Å². The Kier molecular flexibility index (Phi) is 9.36. The number of rotatable bonds is 10. The van der Waals surface area contributed by atoms with Gasteiger partial charge in [0.1, 0.15) is 6.61 Å². The number of aliphatic imine (C=N–C) groups is 1. The standard InChI is InChI=1S/C21H34N2O/c1-6-7-11-21(22)24-15-18(5)23-20-14-17(4)12-13-19(20)10-8-9-16(2)3/h12-14,16,22H,6-11,15H2,1-5H3. The highest BCUT2D eigenvalue weighted by atomic mass is 16.5. The van der Waals surface area contributed by atoms with E-state index in [1.165, 1.54) is 24.0 Å². The fourth-order valence-electron chi connectivity index (χ4n) is 2.53. The molecule has 1 aromatic rings. The van der Waals surface area contributed by atoms with Crippen LogP contribution in [0.15, 0.2) is 23.2 Å². The quantitative estimate of drug-likeness (QED) is 0.400. The Morgan fingerprint density at radius 1 is 1.25 bits per heavy atom. The first-order chi connectivity index (χ1) is 11.4. The summed E-state index contributed by atoms with van der Waals surface area (Å²) in [6.45, 7) is 11.1. The molecule has 0 aliphatic heterocycles. The monoisotopic (exact) mass is 330 g/mol. The van der Waals surface area contributed by atoms with Crippen LogP contribution in [0.25, 0.3) is 0 Å². The molecule has 24 heavy (non-hydrogen) atoms. The lowest BCUT2D eigenvalue weighted by Crippen LogP contribution is -2.10. The average Bonchev–Trinajstić information content (AvgIpc) is 2.52. The van der Waals surface area contributed by atoms with Gasteiger partial charge in [-0.25, -0.2) is 0 Å². The number of ether oxygens (including phenoxy) is 1. The second kappa shape index (κ2) is 11.0. The Balaban J connectivity index is 2.69. The van der Waals surface area contributed by atoms with Gasteiger partial charge in [0.05, 0.1) is 11.4 Å². The maximum atomic E-state index is 7.80. The first-order valence-corrected chi connectivity index (χ1v) is 9.26. The van der Waals surface area contributed by atoms with Gasteiger partial charge in [-0.3, -0.25) is 10.4 Å². The second-order valence-corrected chi connectivity index (χ2v) is 7.08. The summed E-state index contributed by atoms with van der Waals surface area (Å²) >= 11 is 0. The molecule has 1 N–H and O–H groups in total. The van der Waals surface area contributed by atoms with E-state index in [1.807, 2.05) is 6.92 Å². The highest BCUT2D eigenvalue weighted by Crippen LogP contribution is 2.24. The SMILES string of the molecule is CCCCC(=N)OCC(C)=Nc1cc(C)ccc1CCCC(C)C. The molecule has 0 spiro atoms. The van der Waals surface area contributed by atoms with Crippen LogP contribution in [0.3, 0.4) is 0 Å². The molecule has 0 aliphatic rings. The number of nitrogens with zero attached hydrogens (tertiary/aromatic N) is 1. The molecule has 0 heterocycles. The molecular weight excluding hydrogens is 296 g/mol. The van der Waals surface area contributed by atoms with Crippen LogP contribution >= 0.6 is 0 Å². The largest absolute Gasteiger partial charge is 0.475 e. The van der Waals surface area contributed by atoms with Crippen molar-refractivity contribution in [3.05, 3.63) is 29.3 Å². The van der Waals surface area contributed by atoms with Crippen molar-refractivity contribution >= 4 is 17.3 Å². The summed E-state index contributed by atoms with van der Waals surface area (Å²) < 4.78 is 5.51. The molecular formula is C21H34N2O. The molecule has 1 rings (SSSR count). The van der Waals surface area contributed by atoms with Crippen LogP contribution in [0.2, 0.25) is 0 Å². The zero-order valence-electron chi connectivity index (χ0n) is 16.1. The third-order valence-corrected chi connectivity index (χ3v) is 3.99. The maximum Gasteiger partial charge on any atom is 0.180 e. The Morgan fingerprint density at radius 2 is 2.00 bits per heavy atom. The van der Waals surface area contributed by atoms with Crippen LogP contribution in [-0.4, -0.2) is 18.2 Å². The summed E-state index contributed by atoms with van der Waals surface area (Å²) in [4.78, 5) is 4.76. The van der Waals surface area contributed by atoms with Gasteiger partial charge in [0, 0.05) is 6.42 Å². The molecule has 0 unspecified atom stereocenters. The summed E-state index contributed by atoms with van der Waals surface area (Å²) in [5.74, 6) is 1.11. The summed E-state index contributed by atoms with van der Waals surface area (Å²) in [6, 6.07) is 6.51. The molecule has 0 fully saturated rings. The summed E-state index contributed by atoms with van der Waals surface area (Å²) in [5, 5.41) is 7.80. The fourth-order valence-corrected chi connectivity index (χ4v) is 2.53. The molecule has 0 radical (unpaired) electrons. The van der Waals surface area contributed by atoms with Crippen molar-refractivity contribution in [3.8, 4) is 0 Å². The van der Waals surface area contributed by atoms with Crippen LogP contribution in [-0.2, 0) is 11.2 Å². The van der Waals surface area contributed by atoms with Crippen LogP contribution in [0, 0.1) is 18.3 Å². The molecule has 0 saturated carbocycles. The van der Waals surface area contributed by atoms with Gasteiger partial charge in [-0.05, 0) is 56.2 Å². The Hall–Kier alpha value is -1.64. The topological polar surface area (TPSA) is 45.4 Å². The van der Waals surface area contributed by atoms with Crippen molar-refractivity contribution in [1.29, 1.82) is 5.41 Å². The summed E-state index contributed by atoms with van der Waals surface area (Å²) in [6.07, 6.45) is 6.31. The molecule has 0 amide bonds. The third kappa shape index (κ3) is 8.28. The van der Waals surface area contributed by atoms with E-state index < -0.39 is 0 Å². The van der Waals surface area contributed by atoms with E-state index in [0.29, 0.717) is 18.9 Å². The normalized spacial score (nSPS) is 11.8. The molecule has 134 valence electrons. The molecule has 0 aromatic heterocycles. The number of hydrogen-bond donors (Lipinski definition) is 1. The fraction of sp³-hybridized carbons (Fsp3) is 0.619. The minimum Gasteiger partial charge on any atom is -0.475 e. The smallest absolute Gasteiger partial charge is 0.180 e. The number of benzene rings is 1. The van der Waals surface area contributed by atoms with Crippen molar-refractivity contribution < 1.29 is 4.74 Å². The molecule has 3 nitrogen and oxygen atoms in total. The number of nitrogens with one attached hydrogen (secondary N) is 1. The molecule has 0 saturated heterocycles. The highest BCUT2D eigenvalue weighted by molar-refractivity contribution is 5.88. The predicted molar refractivity (Wildman–Crippen MR) is 105 cm³/mol. The van der Waals surface area contributed by atoms with Gasteiger partial charge in [-0.15, -0.1) is 0 Å². The average molecular weight is 331 g/mol. The van der Waals surface area contributed by atoms with Crippen molar-refractivity contribution in [2.24, 2.45) is 10.9 Å². The summed E-state index contributed by atoms with van der Waals surface area (Å²) in [7, 11) is 0. The van der Waals surface area contributed by atoms with E-state index in [1.54, 1.807) is 0 Å². The van der Waals surface area contributed by atoms with Gasteiger partial charge in [0.15, 0.2) is 5.90 Å². The van der Waals surface area contributed by atoms with Crippen molar-refractivity contribution in [2.45, 2.75) is 73.1 Å². The van der Waals surface area contributed by atoms with Gasteiger partial charge >= 0.3 is 0 Å². The van der Waals surface area contributed by atoms with E-state index in [9.17, 15) is 0 Å². The van der Waals surface area contributed by atoms with Crippen LogP contribution in [0.4, 0.5) is 5.69 Å². The van der Waals surface area contributed by atoms with E-state index in [2.05, 4.69) is 45.9 Å². The van der Waals surface area contributed by atoms with Gasteiger partial charge in [0.25, 0.3) is 0 Å². The predicted octanol–water partition coefficient (Wildman–Crippen LogP) is 6.25. The molecule has 3 heteroatoms. The summed E-state index contributed by atoms with van der Waals surface area (Å²) in [5.41, 5.74) is 4.51. The zero-order valence-corrected chi connectivity index (χ0v) is 16.1. The maximum absolute atomic E-state index is 7.80. The van der Waals surface area contributed by atoms with Crippen molar-refractivity contribution in [2.75, 3.05) is 6.61 Å². The van der Waals surface area contributed by atoms with Crippen molar-refractivity contribution in [1.82, 2.24) is 0 Å². The number of aryl methyl sites for hydroxylation is 2. The first-order valence-electron chi connectivity index (χ1n) is 9.26. The highest BCUT2D eigenvalue weighted by Gasteiger charge is 2.05. The third-order valence-electron chi connectivity index (χ3n) is 3.99. The minimum absolute atomic E-state index is 0.368. The second-order valence-electron chi connectivity index (χ2n) is 7.08. The van der Waals surface area contributed by atoms with Crippen LogP contribution < -0.4 is 0 Å². The Morgan fingerprint density at radius 3 is 2.67 bits per heavy atom. The molecule has 0 atom stereocenters. The zero-order chi connectivity index (χ0) is 17.9. The lowest BCUT2D eigenvalue weighted by Gasteiger charge is -2.11. The van der Waals surface area contributed by atoms with Crippen molar-refractivity contribution in [3.63, 3.8) is 0 Å². The lowest BCUT2D eigenvalue weighted by molar-refractivity contribution is 0.347. The van der Waals surface area contributed by atoms with Gasteiger partial charge in [0.2, 0.25) is 0 Å².